The van der Waals surface area contributed by atoms with Gasteiger partial charge in [0.1, 0.15) is 0 Å². The Morgan fingerprint density at radius 2 is 1.38 bits per heavy atom. The molecule has 13 heavy (non-hydrogen) atoms. The summed E-state index contributed by atoms with van der Waals surface area (Å²) in [6, 6.07) is 0. The maximum absolute atomic E-state index is 12.5. The van der Waals surface area contributed by atoms with E-state index in [-0.39, 0.29) is 17.0 Å². The summed E-state index contributed by atoms with van der Waals surface area (Å²) in [7, 11) is -3.26. The summed E-state index contributed by atoms with van der Waals surface area (Å²) in [4.78, 5) is 0. The molecule has 1 rings (SSSR count). The quantitative estimate of drug-likeness (QED) is 0.720. The Morgan fingerprint density at radius 3 is 1.77 bits per heavy atom. The van der Waals surface area contributed by atoms with Crippen LogP contribution in [0, 0.1) is 0 Å². The van der Waals surface area contributed by atoms with Crippen LogP contribution in [-0.4, -0.2) is 19.7 Å². The lowest BCUT2D eigenvalue weighted by Crippen LogP contribution is -2.29. The number of hydrogen-bond acceptors (Lipinski definition) is 3. The SMILES string of the molecule is FC(F)(F)C(F)(F)[p+]1npnpn1. The van der Waals surface area contributed by atoms with Crippen molar-refractivity contribution in [2.75, 3.05) is 0 Å². The van der Waals surface area contributed by atoms with Crippen LogP contribution in [0.4, 0.5) is 22.0 Å². The second-order valence-electron chi connectivity index (χ2n) is 1.78. The van der Waals surface area contributed by atoms with Crippen molar-refractivity contribution in [1.82, 2.24) is 13.5 Å². The van der Waals surface area contributed by atoms with Gasteiger partial charge in [-0.1, -0.05) is 0 Å². The Labute approximate surface area is 73.1 Å². The summed E-state index contributed by atoms with van der Waals surface area (Å²) < 4.78 is 69.5. The van der Waals surface area contributed by atoms with E-state index in [0.717, 1.165) is 0 Å². The lowest BCUT2D eigenvalue weighted by molar-refractivity contribution is -0.264. The van der Waals surface area contributed by atoms with Crippen LogP contribution in [0.2, 0.25) is 0 Å². The molecule has 3 nitrogen and oxygen atoms in total. The van der Waals surface area contributed by atoms with Crippen LogP contribution in [0.5, 0.6) is 0 Å². The van der Waals surface area contributed by atoms with Crippen molar-refractivity contribution in [3.05, 3.63) is 0 Å². The maximum Gasteiger partial charge on any atom is 0.477 e. The minimum atomic E-state index is -5.59. The Morgan fingerprint density at radius 1 is 0.923 bits per heavy atom. The highest BCUT2D eigenvalue weighted by atomic mass is 31.2. The van der Waals surface area contributed by atoms with E-state index in [4.69, 9.17) is 0 Å². The molecule has 0 spiro atoms. The van der Waals surface area contributed by atoms with Crippen molar-refractivity contribution < 1.29 is 22.0 Å². The largest absolute Gasteiger partial charge is 0.477 e. The van der Waals surface area contributed by atoms with Crippen molar-refractivity contribution in [2.45, 2.75) is 11.8 Å². The van der Waals surface area contributed by atoms with Crippen LogP contribution in [0.1, 0.15) is 0 Å². The molecule has 11 heteroatoms. The molecule has 0 unspecified atom stereocenters. The smallest absolute Gasteiger partial charge is 0.170 e. The van der Waals surface area contributed by atoms with Gasteiger partial charge in [0.25, 0.3) is 7.85 Å². The maximum atomic E-state index is 12.5. The van der Waals surface area contributed by atoms with Crippen molar-refractivity contribution in [2.24, 2.45) is 0 Å². The summed E-state index contributed by atoms with van der Waals surface area (Å²) in [5, 5.41) is 0. The number of rotatable bonds is 1. The van der Waals surface area contributed by atoms with E-state index in [1.54, 1.807) is 0 Å². The topological polar surface area (TPSA) is 38.7 Å². The van der Waals surface area contributed by atoms with Gasteiger partial charge in [-0.25, -0.2) is 0 Å². The fourth-order valence-corrected chi connectivity index (χ4v) is 3.64. The van der Waals surface area contributed by atoms with Crippen LogP contribution in [0.15, 0.2) is 0 Å². The molecule has 0 fully saturated rings. The standard InChI is InChI=1S/C2F5N3P3/c3-1(4,5)2(6,7)13-9-11-8-12-10-13/q+1. The van der Waals surface area contributed by atoms with Gasteiger partial charge in [0.2, 0.25) is 0 Å². The van der Waals surface area contributed by atoms with Crippen LogP contribution >= 0.6 is 24.9 Å². The van der Waals surface area contributed by atoms with Gasteiger partial charge in [0.15, 0.2) is 0 Å². The van der Waals surface area contributed by atoms with Crippen molar-refractivity contribution in [1.29, 1.82) is 0 Å². The molecule has 0 bridgehead atoms. The van der Waals surface area contributed by atoms with E-state index >= 15 is 0 Å². The first-order valence-electron chi connectivity index (χ1n) is 2.62. The van der Waals surface area contributed by atoms with Crippen LogP contribution in [0.25, 0.3) is 0 Å². The fraction of sp³-hybridized carbons (Fsp3) is 1.00. The highest BCUT2D eigenvalue weighted by molar-refractivity contribution is 7.53. The molecule has 0 radical (unpaired) electrons. The number of nitrogens with zero attached hydrogens (tertiary/aromatic N) is 3. The first-order chi connectivity index (χ1) is 5.86. The van der Waals surface area contributed by atoms with E-state index in [1.807, 2.05) is 0 Å². The lowest BCUT2D eigenvalue weighted by Gasteiger charge is -2.12. The summed E-state index contributed by atoms with van der Waals surface area (Å²) in [5.74, 6) is 0. The second-order valence-corrected chi connectivity index (χ2v) is 5.42. The normalized spacial score (nSPS) is 15.6. The average Bonchev–Trinajstić information content (AvgIpc) is 2.04. The highest BCUT2D eigenvalue weighted by Crippen LogP contribution is 2.54. The molecule has 0 saturated heterocycles. The first-order valence-corrected chi connectivity index (χ1v) is 5.47. The zero-order valence-electron chi connectivity index (χ0n) is 5.57. The monoisotopic (exact) mass is 254 g/mol. The molecule has 0 atom stereocenters. The first kappa shape index (κ1) is 11.0. The molecule has 72 valence electrons. The van der Waals surface area contributed by atoms with E-state index in [1.165, 1.54) is 0 Å². The number of halogens is 5. The minimum absolute atomic E-state index is 0.117. The van der Waals surface area contributed by atoms with Gasteiger partial charge >= 0.3 is 28.9 Å². The van der Waals surface area contributed by atoms with E-state index in [0.29, 0.717) is 0 Å². The third kappa shape index (κ3) is 2.25. The van der Waals surface area contributed by atoms with Gasteiger partial charge in [-0.05, 0) is 13.5 Å². The fourth-order valence-electron chi connectivity index (χ4n) is 0.373. The summed E-state index contributed by atoms with van der Waals surface area (Å²) >= 11 is 0. The van der Waals surface area contributed by atoms with Crippen LogP contribution in [0.3, 0.4) is 0 Å². The second kappa shape index (κ2) is 3.60. The zero-order valence-corrected chi connectivity index (χ0v) is 8.26. The molecule has 0 aliphatic carbocycles. The molecule has 1 heterocycles. The van der Waals surface area contributed by atoms with Gasteiger partial charge in [-0.2, -0.15) is 22.0 Å². The molecule has 0 N–H and O–H groups in total. The molecule has 1 aromatic heterocycles. The zero-order chi connectivity index (χ0) is 10.1. The van der Waals surface area contributed by atoms with E-state index in [2.05, 4.69) is 13.5 Å². The Bertz CT molecular complexity index is 287. The Hall–Kier alpha value is -0.0500. The predicted octanol–water partition coefficient (Wildman–Crippen LogP) is 3.41. The van der Waals surface area contributed by atoms with Gasteiger partial charge in [0.05, 0.1) is 0 Å². The number of alkyl halides is 5. The Kier molecular flexibility index (Phi) is 3.05. The number of hydrogen-bond donors (Lipinski definition) is 0. The Balaban J connectivity index is 3.08. The predicted molar refractivity (Wildman–Crippen MR) is 38.2 cm³/mol. The minimum Gasteiger partial charge on any atom is -0.170 e. The molecule has 0 aliphatic rings. The van der Waals surface area contributed by atoms with Crippen molar-refractivity contribution in [3.8, 4) is 0 Å². The summed E-state index contributed by atoms with van der Waals surface area (Å²) in [6.07, 6.45) is -5.59. The molecular weight excluding hydrogens is 254 g/mol. The van der Waals surface area contributed by atoms with Crippen molar-refractivity contribution in [3.63, 3.8) is 0 Å². The molecular formula is C2F5N3P3+. The van der Waals surface area contributed by atoms with Gasteiger partial charge in [-0.3, -0.25) is 0 Å². The van der Waals surface area contributed by atoms with Crippen LogP contribution < -0.4 is 0 Å². The van der Waals surface area contributed by atoms with E-state index < -0.39 is 19.7 Å². The lowest BCUT2D eigenvalue weighted by atomic mass is 10.7. The molecule has 1 aromatic rings. The average molecular weight is 254 g/mol. The molecule has 0 saturated carbocycles. The van der Waals surface area contributed by atoms with Gasteiger partial charge in [-0.15, -0.1) is 0 Å². The summed E-state index contributed by atoms with van der Waals surface area (Å²) in [6.45, 7) is 0. The molecule has 0 amide bonds. The third-order valence-corrected chi connectivity index (χ3v) is 4.31. The van der Waals surface area contributed by atoms with Crippen LogP contribution in [-0.2, 0) is 5.66 Å². The van der Waals surface area contributed by atoms with Crippen molar-refractivity contribution >= 4 is 24.9 Å². The van der Waals surface area contributed by atoms with Gasteiger partial charge in [0, 0.05) is 0 Å². The summed E-state index contributed by atoms with van der Waals surface area (Å²) in [5.41, 5.74) is -4.84. The van der Waals surface area contributed by atoms with Gasteiger partial charge < -0.3 is 0 Å². The third-order valence-electron chi connectivity index (χ3n) is 0.922. The van der Waals surface area contributed by atoms with E-state index in [9.17, 15) is 22.0 Å². The highest BCUT2D eigenvalue weighted by Gasteiger charge is 2.65. The number of aromatic nitrogens is 3. The molecule has 0 aromatic carbocycles. The molecule has 0 aliphatic heterocycles.